The maximum Gasteiger partial charge on any atom is 0.253 e. The Hall–Kier alpha value is -0.460. The van der Waals surface area contributed by atoms with Gasteiger partial charge in [-0.3, -0.25) is 4.79 Å². The normalized spacial score (nSPS) is 12.3. The molecule has 4 nitrogen and oxygen atoms in total. The molecule has 0 aliphatic rings. The molecular weight excluding hydrogens is 328 g/mol. The van der Waals surface area contributed by atoms with Gasteiger partial charge in [-0.2, -0.15) is 0 Å². The molecular formula is C9H10Br2N2O2. The third-order valence-corrected chi connectivity index (χ3v) is 3.48. The zero-order valence-corrected chi connectivity index (χ0v) is 11.2. The molecule has 0 aromatic carbocycles. The summed E-state index contributed by atoms with van der Waals surface area (Å²) in [5.74, 6) is -0.253. The highest BCUT2D eigenvalue weighted by Crippen LogP contribution is 2.20. The topological polar surface area (TPSA) is 62.2 Å². The molecule has 1 aromatic rings. The molecule has 0 aliphatic carbocycles. The van der Waals surface area contributed by atoms with E-state index in [0.29, 0.717) is 14.6 Å². The summed E-state index contributed by atoms with van der Waals surface area (Å²) in [4.78, 5) is 15.6. The molecule has 0 saturated heterocycles. The predicted molar refractivity (Wildman–Crippen MR) is 63.7 cm³/mol. The quantitative estimate of drug-likeness (QED) is 0.825. The van der Waals surface area contributed by atoms with Gasteiger partial charge in [-0.25, -0.2) is 4.98 Å². The number of rotatable bonds is 3. The molecule has 0 fully saturated rings. The lowest BCUT2D eigenvalue weighted by Gasteiger charge is -2.10. The van der Waals surface area contributed by atoms with Gasteiger partial charge in [-0.1, -0.05) is 0 Å². The van der Waals surface area contributed by atoms with Crippen LogP contribution in [-0.2, 0) is 0 Å². The van der Waals surface area contributed by atoms with E-state index in [2.05, 4.69) is 42.2 Å². The van der Waals surface area contributed by atoms with Crippen molar-refractivity contribution in [2.75, 3.05) is 6.61 Å². The zero-order chi connectivity index (χ0) is 11.4. The standard InChI is InChI=1S/C9H10Br2N2O2/c1-5(4-14)13-9(15)6-2-7(10)8(11)12-3-6/h2-3,5,14H,4H2,1H3,(H,13,15)/t5-/m1/s1. The number of hydrogen-bond acceptors (Lipinski definition) is 3. The van der Waals surface area contributed by atoms with Crippen molar-refractivity contribution in [3.8, 4) is 0 Å². The number of aromatic nitrogens is 1. The largest absolute Gasteiger partial charge is 0.394 e. The lowest BCUT2D eigenvalue weighted by molar-refractivity contribution is 0.0922. The summed E-state index contributed by atoms with van der Waals surface area (Å²) in [7, 11) is 0. The van der Waals surface area contributed by atoms with Gasteiger partial charge in [0, 0.05) is 12.2 Å². The summed E-state index contributed by atoms with van der Waals surface area (Å²) in [6, 6.07) is 1.40. The van der Waals surface area contributed by atoms with Gasteiger partial charge < -0.3 is 10.4 Å². The number of halogens is 2. The van der Waals surface area contributed by atoms with Gasteiger partial charge in [0.1, 0.15) is 4.60 Å². The molecule has 0 aliphatic heterocycles. The molecule has 6 heteroatoms. The molecule has 1 aromatic heterocycles. The van der Waals surface area contributed by atoms with E-state index in [1.54, 1.807) is 13.0 Å². The minimum atomic E-state index is -0.264. The number of carbonyl (C=O) groups is 1. The Bertz CT molecular complexity index is 371. The Morgan fingerprint density at radius 3 is 2.87 bits per heavy atom. The van der Waals surface area contributed by atoms with E-state index in [4.69, 9.17) is 5.11 Å². The highest BCUT2D eigenvalue weighted by atomic mass is 79.9. The third-order valence-electron chi connectivity index (χ3n) is 1.71. The van der Waals surface area contributed by atoms with E-state index >= 15 is 0 Å². The van der Waals surface area contributed by atoms with Crippen LogP contribution in [0.15, 0.2) is 21.3 Å². The van der Waals surface area contributed by atoms with Crippen molar-refractivity contribution in [2.24, 2.45) is 0 Å². The van der Waals surface area contributed by atoms with Crippen LogP contribution < -0.4 is 5.32 Å². The highest BCUT2D eigenvalue weighted by molar-refractivity contribution is 9.13. The van der Waals surface area contributed by atoms with E-state index in [1.807, 2.05) is 0 Å². The lowest BCUT2D eigenvalue weighted by Crippen LogP contribution is -2.35. The maximum absolute atomic E-state index is 11.6. The SMILES string of the molecule is C[C@H](CO)NC(=O)c1cnc(Br)c(Br)c1. The zero-order valence-electron chi connectivity index (χ0n) is 8.00. The van der Waals surface area contributed by atoms with Crippen LogP contribution in [0, 0.1) is 0 Å². The van der Waals surface area contributed by atoms with Crippen LogP contribution in [0.4, 0.5) is 0 Å². The predicted octanol–water partition coefficient (Wildman–Crippen LogP) is 1.72. The van der Waals surface area contributed by atoms with E-state index in [0.717, 1.165) is 0 Å². The number of aliphatic hydroxyl groups is 1. The van der Waals surface area contributed by atoms with E-state index in [-0.39, 0.29) is 18.6 Å². The van der Waals surface area contributed by atoms with Crippen LogP contribution in [0.5, 0.6) is 0 Å². The number of carbonyl (C=O) groups excluding carboxylic acids is 1. The highest BCUT2D eigenvalue weighted by Gasteiger charge is 2.10. The van der Waals surface area contributed by atoms with Gasteiger partial charge in [0.15, 0.2) is 0 Å². The molecule has 2 N–H and O–H groups in total. The molecule has 0 spiro atoms. The van der Waals surface area contributed by atoms with Gasteiger partial charge in [0.05, 0.1) is 16.6 Å². The van der Waals surface area contributed by atoms with Crippen LogP contribution in [0.3, 0.4) is 0 Å². The molecule has 1 heterocycles. The van der Waals surface area contributed by atoms with Crippen molar-refractivity contribution in [3.63, 3.8) is 0 Å². The van der Waals surface area contributed by atoms with Crippen molar-refractivity contribution in [2.45, 2.75) is 13.0 Å². The molecule has 1 atom stereocenters. The van der Waals surface area contributed by atoms with Crippen molar-refractivity contribution < 1.29 is 9.90 Å². The number of amides is 1. The van der Waals surface area contributed by atoms with E-state index < -0.39 is 0 Å². The smallest absolute Gasteiger partial charge is 0.253 e. The van der Waals surface area contributed by atoms with Gasteiger partial charge >= 0.3 is 0 Å². The fourth-order valence-corrected chi connectivity index (χ4v) is 1.46. The minimum Gasteiger partial charge on any atom is -0.394 e. The maximum atomic E-state index is 11.6. The monoisotopic (exact) mass is 336 g/mol. The summed E-state index contributed by atoms with van der Waals surface area (Å²) < 4.78 is 1.36. The first kappa shape index (κ1) is 12.6. The number of nitrogens with zero attached hydrogens (tertiary/aromatic N) is 1. The van der Waals surface area contributed by atoms with Crippen LogP contribution >= 0.6 is 31.9 Å². The number of pyridine rings is 1. The summed E-state index contributed by atoms with van der Waals surface area (Å²) in [5, 5.41) is 11.4. The Labute approximate surface area is 104 Å². The summed E-state index contributed by atoms with van der Waals surface area (Å²) in [5.41, 5.74) is 0.449. The van der Waals surface area contributed by atoms with Crippen molar-refractivity contribution >= 4 is 37.8 Å². The first-order chi connectivity index (χ1) is 7.04. The third kappa shape index (κ3) is 3.55. The Morgan fingerprint density at radius 2 is 2.33 bits per heavy atom. The summed E-state index contributed by atoms with van der Waals surface area (Å²) >= 11 is 6.47. The molecule has 0 radical (unpaired) electrons. The Balaban J connectivity index is 2.78. The van der Waals surface area contributed by atoms with E-state index in [1.165, 1.54) is 6.20 Å². The van der Waals surface area contributed by atoms with Crippen molar-refractivity contribution in [1.82, 2.24) is 10.3 Å². The van der Waals surface area contributed by atoms with Crippen LogP contribution in [0.1, 0.15) is 17.3 Å². The first-order valence-electron chi connectivity index (χ1n) is 4.27. The lowest BCUT2D eigenvalue weighted by atomic mass is 10.2. The fourth-order valence-electron chi connectivity index (χ4n) is 0.898. The van der Waals surface area contributed by atoms with Crippen LogP contribution in [0.2, 0.25) is 0 Å². The van der Waals surface area contributed by atoms with Gasteiger partial charge in [-0.15, -0.1) is 0 Å². The van der Waals surface area contributed by atoms with E-state index in [9.17, 15) is 4.79 Å². The second-order valence-corrected chi connectivity index (χ2v) is 4.66. The Kier molecular flexibility index (Phi) is 4.69. The number of aliphatic hydroxyl groups excluding tert-OH is 1. The number of nitrogens with one attached hydrogen (secondary N) is 1. The molecule has 1 rings (SSSR count). The average Bonchev–Trinajstić information content (AvgIpc) is 2.21. The van der Waals surface area contributed by atoms with Crippen molar-refractivity contribution in [1.29, 1.82) is 0 Å². The molecule has 0 saturated carbocycles. The molecule has 0 bridgehead atoms. The molecule has 15 heavy (non-hydrogen) atoms. The van der Waals surface area contributed by atoms with Gasteiger partial charge in [-0.05, 0) is 44.8 Å². The van der Waals surface area contributed by atoms with Gasteiger partial charge in [0.25, 0.3) is 5.91 Å². The van der Waals surface area contributed by atoms with Crippen LogP contribution in [-0.4, -0.2) is 28.6 Å². The first-order valence-corrected chi connectivity index (χ1v) is 5.86. The van der Waals surface area contributed by atoms with Crippen molar-refractivity contribution in [3.05, 3.63) is 26.9 Å². The van der Waals surface area contributed by atoms with Gasteiger partial charge in [0.2, 0.25) is 0 Å². The summed E-state index contributed by atoms with van der Waals surface area (Å²) in [6.45, 7) is 1.64. The Morgan fingerprint density at radius 1 is 1.67 bits per heavy atom. The molecule has 82 valence electrons. The minimum absolute atomic E-state index is 0.0864. The fraction of sp³-hybridized carbons (Fsp3) is 0.333. The summed E-state index contributed by atoms with van der Waals surface area (Å²) in [6.07, 6.45) is 1.47. The molecule has 1 amide bonds. The second kappa shape index (κ2) is 5.58. The number of hydrogen-bond donors (Lipinski definition) is 2. The second-order valence-electron chi connectivity index (χ2n) is 3.05. The van der Waals surface area contributed by atoms with Crippen LogP contribution in [0.25, 0.3) is 0 Å². The molecule has 0 unspecified atom stereocenters. The average molecular weight is 338 g/mol.